The van der Waals surface area contributed by atoms with Crippen molar-refractivity contribution in [3.8, 4) is 0 Å². The molecule has 2 aromatic carbocycles. The van der Waals surface area contributed by atoms with Crippen LogP contribution in [0, 0.1) is 0 Å². The SMILES string of the molecule is CON(C)C(=O)[C@@H]1C[C@@H](NC(=O)c2cc3cc(Cl)ccc3[nH]2)Cc2ccccc21. The normalized spacial score (nSPS) is 18.3. The molecule has 0 aliphatic heterocycles. The Morgan fingerprint density at radius 1 is 1.21 bits per heavy atom. The minimum Gasteiger partial charge on any atom is -0.351 e. The number of amides is 2. The zero-order chi connectivity index (χ0) is 20.5. The van der Waals surface area contributed by atoms with Gasteiger partial charge in [-0.05, 0) is 48.2 Å². The molecule has 0 unspecified atom stereocenters. The number of carbonyl (C=O) groups excluding carboxylic acids is 2. The number of carbonyl (C=O) groups is 2. The van der Waals surface area contributed by atoms with E-state index in [4.69, 9.17) is 16.4 Å². The quantitative estimate of drug-likeness (QED) is 0.643. The first-order valence-electron chi connectivity index (χ1n) is 9.45. The lowest BCUT2D eigenvalue weighted by atomic mass is 9.79. The maximum absolute atomic E-state index is 12.9. The Balaban J connectivity index is 1.56. The number of hydrogen-bond donors (Lipinski definition) is 2. The summed E-state index contributed by atoms with van der Waals surface area (Å²) in [5.41, 5.74) is 3.38. The van der Waals surface area contributed by atoms with Crippen LogP contribution in [0.4, 0.5) is 0 Å². The number of nitrogens with zero attached hydrogens (tertiary/aromatic N) is 1. The molecule has 3 aromatic rings. The van der Waals surface area contributed by atoms with Gasteiger partial charge in [0, 0.05) is 29.0 Å². The molecule has 2 atom stereocenters. The molecule has 4 rings (SSSR count). The molecular weight excluding hydrogens is 390 g/mol. The molecule has 2 N–H and O–H groups in total. The molecule has 0 bridgehead atoms. The number of hydroxylamine groups is 2. The van der Waals surface area contributed by atoms with Crippen molar-refractivity contribution in [2.75, 3.05) is 14.2 Å². The summed E-state index contributed by atoms with van der Waals surface area (Å²) >= 11 is 6.03. The Morgan fingerprint density at radius 3 is 2.79 bits per heavy atom. The Kier molecular flexibility index (Phi) is 5.30. The third-order valence-corrected chi connectivity index (χ3v) is 5.70. The molecule has 6 nitrogen and oxygen atoms in total. The highest BCUT2D eigenvalue weighted by molar-refractivity contribution is 6.31. The summed E-state index contributed by atoms with van der Waals surface area (Å²) in [5, 5.41) is 5.82. The van der Waals surface area contributed by atoms with E-state index in [1.807, 2.05) is 36.4 Å². The number of halogens is 1. The number of nitrogens with one attached hydrogen (secondary N) is 2. The van der Waals surface area contributed by atoms with Gasteiger partial charge in [0.05, 0.1) is 13.0 Å². The topological polar surface area (TPSA) is 74.4 Å². The van der Waals surface area contributed by atoms with Gasteiger partial charge in [-0.2, -0.15) is 0 Å². The van der Waals surface area contributed by atoms with Gasteiger partial charge in [0.2, 0.25) is 0 Å². The van der Waals surface area contributed by atoms with Crippen LogP contribution in [0.2, 0.25) is 5.02 Å². The number of aromatic amines is 1. The average Bonchev–Trinajstić information content (AvgIpc) is 3.15. The van der Waals surface area contributed by atoms with Crippen molar-refractivity contribution in [3.05, 3.63) is 70.4 Å². The van der Waals surface area contributed by atoms with Crippen LogP contribution in [0.1, 0.15) is 34.0 Å². The van der Waals surface area contributed by atoms with E-state index < -0.39 is 0 Å². The van der Waals surface area contributed by atoms with Crippen LogP contribution in [0.3, 0.4) is 0 Å². The monoisotopic (exact) mass is 411 g/mol. The lowest BCUT2D eigenvalue weighted by molar-refractivity contribution is -0.170. The molecule has 1 aromatic heterocycles. The maximum Gasteiger partial charge on any atom is 0.267 e. The van der Waals surface area contributed by atoms with E-state index in [1.165, 1.54) is 12.2 Å². The minimum atomic E-state index is -0.364. The number of H-pyrrole nitrogens is 1. The predicted molar refractivity (Wildman–Crippen MR) is 112 cm³/mol. The molecule has 1 aliphatic carbocycles. The first kappa shape index (κ1) is 19.5. The van der Waals surface area contributed by atoms with Crippen LogP contribution in [-0.4, -0.2) is 42.1 Å². The number of rotatable bonds is 4. The van der Waals surface area contributed by atoms with Crippen molar-refractivity contribution < 1.29 is 14.4 Å². The van der Waals surface area contributed by atoms with Gasteiger partial charge >= 0.3 is 0 Å². The van der Waals surface area contributed by atoms with Crippen molar-refractivity contribution >= 4 is 34.3 Å². The molecule has 0 saturated carbocycles. The first-order chi connectivity index (χ1) is 14.0. The minimum absolute atomic E-state index is 0.126. The van der Waals surface area contributed by atoms with Gasteiger partial charge < -0.3 is 10.3 Å². The molecule has 0 spiro atoms. The summed E-state index contributed by atoms with van der Waals surface area (Å²) in [6.45, 7) is 0. The van der Waals surface area contributed by atoms with Gasteiger partial charge in [-0.3, -0.25) is 14.4 Å². The van der Waals surface area contributed by atoms with Crippen LogP contribution < -0.4 is 5.32 Å². The highest BCUT2D eigenvalue weighted by Crippen LogP contribution is 2.33. The van der Waals surface area contributed by atoms with Gasteiger partial charge in [0.15, 0.2) is 0 Å². The van der Waals surface area contributed by atoms with E-state index in [0.29, 0.717) is 23.6 Å². The predicted octanol–water partition coefficient (Wildman–Crippen LogP) is 3.67. The Bertz CT molecular complexity index is 1080. The molecule has 0 radical (unpaired) electrons. The van der Waals surface area contributed by atoms with Crippen molar-refractivity contribution in [1.82, 2.24) is 15.4 Å². The van der Waals surface area contributed by atoms with Crippen LogP contribution >= 0.6 is 11.6 Å². The summed E-state index contributed by atoms with van der Waals surface area (Å²) in [5.74, 6) is -0.691. The molecule has 7 heteroatoms. The van der Waals surface area contributed by atoms with Gasteiger partial charge in [0.25, 0.3) is 11.8 Å². The van der Waals surface area contributed by atoms with Crippen molar-refractivity contribution in [1.29, 1.82) is 0 Å². The summed E-state index contributed by atoms with van der Waals surface area (Å²) < 4.78 is 0. The molecule has 29 heavy (non-hydrogen) atoms. The lowest BCUT2D eigenvalue weighted by Crippen LogP contribution is -2.43. The standard InChI is InChI=1S/C22H22ClN3O3/c1-26(29-2)22(28)18-12-16(10-13-5-3-4-6-17(13)18)24-21(27)20-11-14-9-15(23)7-8-19(14)25-20/h3-9,11,16,18,25H,10,12H2,1-2H3,(H,24,27)/t16-,18+/m0/s1. The fraction of sp³-hybridized carbons (Fsp3) is 0.273. The van der Waals surface area contributed by atoms with Crippen LogP contribution in [-0.2, 0) is 16.1 Å². The fourth-order valence-corrected chi connectivity index (χ4v) is 4.14. The number of fused-ring (bicyclic) bond motifs is 2. The molecule has 0 saturated heterocycles. The van der Waals surface area contributed by atoms with E-state index >= 15 is 0 Å². The highest BCUT2D eigenvalue weighted by Gasteiger charge is 2.34. The first-order valence-corrected chi connectivity index (χ1v) is 9.82. The van der Waals surface area contributed by atoms with E-state index in [0.717, 1.165) is 22.0 Å². The average molecular weight is 412 g/mol. The molecule has 2 amide bonds. The van der Waals surface area contributed by atoms with E-state index in [2.05, 4.69) is 10.3 Å². The smallest absolute Gasteiger partial charge is 0.267 e. The van der Waals surface area contributed by atoms with Crippen molar-refractivity contribution in [3.63, 3.8) is 0 Å². The largest absolute Gasteiger partial charge is 0.351 e. The second kappa shape index (κ2) is 7.89. The van der Waals surface area contributed by atoms with Crippen LogP contribution in [0.15, 0.2) is 48.5 Å². The van der Waals surface area contributed by atoms with Gasteiger partial charge in [-0.25, -0.2) is 5.06 Å². The third kappa shape index (κ3) is 3.86. The zero-order valence-corrected chi connectivity index (χ0v) is 17.0. The van der Waals surface area contributed by atoms with E-state index in [1.54, 1.807) is 19.2 Å². The van der Waals surface area contributed by atoms with Crippen molar-refractivity contribution in [2.24, 2.45) is 0 Å². The number of hydrogen-bond acceptors (Lipinski definition) is 3. The lowest BCUT2D eigenvalue weighted by Gasteiger charge is -2.32. The number of aromatic nitrogens is 1. The number of likely N-dealkylation sites (N-methyl/N-ethyl adjacent to an activating group) is 1. The summed E-state index contributed by atoms with van der Waals surface area (Å²) in [6.07, 6.45) is 1.19. The number of benzene rings is 2. The van der Waals surface area contributed by atoms with Crippen LogP contribution in [0.25, 0.3) is 10.9 Å². The molecule has 1 aliphatic rings. The maximum atomic E-state index is 12.9. The zero-order valence-electron chi connectivity index (χ0n) is 16.2. The Morgan fingerprint density at radius 2 is 2.00 bits per heavy atom. The Labute approximate surface area is 173 Å². The second-order valence-corrected chi connectivity index (χ2v) is 7.73. The van der Waals surface area contributed by atoms with E-state index in [9.17, 15) is 9.59 Å². The van der Waals surface area contributed by atoms with Gasteiger partial charge in [-0.15, -0.1) is 0 Å². The molecule has 1 heterocycles. The van der Waals surface area contributed by atoms with Crippen LogP contribution in [0.5, 0.6) is 0 Å². The van der Waals surface area contributed by atoms with Gasteiger partial charge in [0.1, 0.15) is 5.69 Å². The Hall–Kier alpha value is -2.83. The van der Waals surface area contributed by atoms with E-state index in [-0.39, 0.29) is 23.8 Å². The summed E-state index contributed by atoms with van der Waals surface area (Å²) in [4.78, 5) is 33.9. The second-order valence-electron chi connectivity index (χ2n) is 7.29. The van der Waals surface area contributed by atoms with Gasteiger partial charge in [-0.1, -0.05) is 35.9 Å². The molecule has 0 fully saturated rings. The molecular formula is C22H22ClN3O3. The summed E-state index contributed by atoms with van der Waals surface area (Å²) in [6, 6.07) is 14.9. The molecule has 150 valence electrons. The fourth-order valence-electron chi connectivity index (χ4n) is 3.96. The highest BCUT2D eigenvalue weighted by atomic mass is 35.5. The van der Waals surface area contributed by atoms with Crippen molar-refractivity contribution in [2.45, 2.75) is 24.8 Å². The third-order valence-electron chi connectivity index (χ3n) is 5.46. The summed E-state index contributed by atoms with van der Waals surface area (Å²) in [7, 11) is 3.07.